The molecule has 2 saturated heterocycles. The van der Waals surface area contributed by atoms with Crippen LogP contribution in [0.4, 0.5) is 17.1 Å². The van der Waals surface area contributed by atoms with Crippen LogP contribution in [-0.4, -0.2) is 75.8 Å². The van der Waals surface area contributed by atoms with Crippen LogP contribution in [0.2, 0.25) is 0 Å². The number of rotatable bonds is 8. The highest BCUT2D eigenvalue weighted by atomic mass is 32.2. The number of ether oxygens (including phenoxy) is 1. The minimum absolute atomic E-state index is 0.00218. The summed E-state index contributed by atoms with van der Waals surface area (Å²) < 4.78 is 41.0. The number of hydrogen-bond donors (Lipinski definition) is 0. The molecule has 6 aromatic rings. The zero-order valence-electron chi connectivity index (χ0n) is 36.2. The number of imide groups is 1. The molecule has 5 aliphatic heterocycles. The maximum atomic E-state index is 14.9. The molecule has 2 fully saturated rings. The Bertz CT molecular complexity index is 3280. The third kappa shape index (κ3) is 7.06. The Morgan fingerprint density at radius 1 is 0.754 bits per heavy atom. The van der Waals surface area contributed by atoms with Crippen molar-refractivity contribution >= 4 is 72.0 Å². The fourth-order valence-corrected chi connectivity index (χ4v) is 11.9. The first-order valence-electron chi connectivity index (χ1n) is 22.4. The highest BCUT2D eigenvalue weighted by Gasteiger charge is 2.39. The third-order valence-electron chi connectivity index (χ3n) is 13.6. The van der Waals surface area contributed by atoms with Gasteiger partial charge in [0.2, 0.25) is 15.4 Å². The Morgan fingerprint density at radius 3 is 2.23 bits per heavy atom. The van der Waals surface area contributed by atoms with E-state index in [1.807, 2.05) is 85.7 Å². The van der Waals surface area contributed by atoms with Gasteiger partial charge in [0.15, 0.2) is 0 Å². The number of carbonyl (C=O) groups excluding carboxylic acids is 3. The van der Waals surface area contributed by atoms with Crippen LogP contribution in [0, 0.1) is 5.92 Å². The molecule has 0 spiro atoms. The van der Waals surface area contributed by atoms with Crippen LogP contribution in [0.1, 0.15) is 60.8 Å². The average Bonchev–Trinajstić information content (AvgIpc) is 3.65. The second kappa shape index (κ2) is 16.0. The summed E-state index contributed by atoms with van der Waals surface area (Å²) in [6, 6.07) is 31.5. The van der Waals surface area contributed by atoms with Crippen molar-refractivity contribution in [1.82, 2.24) is 13.9 Å². The molecule has 13 nitrogen and oxygen atoms in total. The number of benzene rings is 6. The van der Waals surface area contributed by atoms with Gasteiger partial charge >= 0.3 is 5.97 Å². The first-order valence-corrected chi connectivity index (χ1v) is 23.8. The molecule has 65 heavy (non-hydrogen) atoms. The van der Waals surface area contributed by atoms with Gasteiger partial charge in [-0.05, 0) is 103 Å². The zero-order chi connectivity index (χ0) is 44.6. The van der Waals surface area contributed by atoms with Gasteiger partial charge < -0.3 is 14.5 Å². The normalized spacial score (nSPS) is 17.7. The van der Waals surface area contributed by atoms with E-state index in [0.717, 1.165) is 88.0 Å². The number of azo groups is 1. The first-order chi connectivity index (χ1) is 31.5. The van der Waals surface area contributed by atoms with Crippen molar-refractivity contribution in [3.8, 4) is 11.5 Å². The molecule has 328 valence electrons. The lowest BCUT2D eigenvalue weighted by molar-refractivity contribution is -0.201. The Kier molecular flexibility index (Phi) is 10.1. The Balaban J connectivity index is 1.02. The number of sulfonamides is 1. The van der Waals surface area contributed by atoms with Gasteiger partial charge in [0.1, 0.15) is 24.6 Å². The number of fused-ring (bicyclic) bond motifs is 7. The number of amides is 2. The van der Waals surface area contributed by atoms with E-state index < -0.39 is 33.7 Å². The van der Waals surface area contributed by atoms with Gasteiger partial charge in [-0.15, -0.1) is 5.06 Å². The van der Waals surface area contributed by atoms with E-state index in [4.69, 9.17) is 9.57 Å². The van der Waals surface area contributed by atoms with Crippen molar-refractivity contribution in [3.63, 3.8) is 0 Å². The van der Waals surface area contributed by atoms with E-state index >= 15 is 0 Å². The smallest absolute Gasteiger partial charge is 0.336 e. The van der Waals surface area contributed by atoms with Crippen LogP contribution in [-0.2, 0) is 42.1 Å². The number of aryl methyl sites for hydroxylation is 2. The maximum Gasteiger partial charge on any atom is 0.336 e. The summed E-state index contributed by atoms with van der Waals surface area (Å²) in [5, 5.41) is 15.7. The molecular formula is C51H47N6O7S+. The predicted molar refractivity (Wildman–Crippen MR) is 246 cm³/mol. The van der Waals surface area contributed by atoms with Crippen molar-refractivity contribution in [3.05, 3.63) is 130 Å². The van der Waals surface area contributed by atoms with Crippen molar-refractivity contribution in [2.24, 2.45) is 16.1 Å². The molecule has 5 heterocycles. The summed E-state index contributed by atoms with van der Waals surface area (Å²) in [4.78, 5) is 44.7. The summed E-state index contributed by atoms with van der Waals surface area (Å²) in [5.74, 6) is -1.14. The van der Waals surface area contributed by atoms with Gasteiger partial charge in [-0.3, -0.25) is 9.59 Å². The second-order valence-electron chi connectivity index (χ2n) is 17.7. The van der Waals surface area contributed by atoms with Crippen molar-refractivity contribution in [1.29, 1.82) is 0 Å². The number of hydroxylamine groups is 2. The number of piperidine rings is 1. The molecule has 11 rings (SSSR count). The van der Waals surface area contributed by atoms with E-state index in [9.17, 15) is 22.8 Å². The highest BCUT2D eigenvalue weighted by Crippen LogP contribution is 2.46. The van der Waals surface area contributed by atoms with Crippen LogP contribution in [0.5, 0.6) is 11.5 Å². The van der Waals surface area contributed by atoms with Crippen molar-refractivity contribution in [2.75, 3.05) is 45.2 Å². The summed E-state index contributed by atoms with van der Waals surface area (Å²) in [5.41, 5.74) is 7.22. The second-order valence-corrected chi connectivity index (χ2v) is 19.6. The SMILES string of the molecule is CN(C)c1ccc(N=Nc2ccc3c4c(ccc3c2)C(c2ccccc2S(=O)(=O)N2CCC(C(=O)ON3C(=O)CCC3=O)CC2)=c2ccc3c5c6c(cc3c2O4)CCC[N+]=6CCC5)cc1. The van der Waals surface area contributed by atoms with Crippen molar-refractivity contribution in [2.45, 2.75) is 56.3 Å². The largest absolute Gasteiger partial charge is 0.455 e. The van der Waals surface area contributed by atoms with Gasteiger partial charge in [0.05, 0.1) is 22.2 Å². The molecule has 14 heteroatoms. The standard InChI is InChI=1S/C51H47N6O7S/c1-54(2)36-15-12-34(13-16-36)52-53-35-14-18-37-32(29-35)11-17-41-47(42-20-19-38-39-9-6-26-55-25-5-7-33(48(39)55)30-43(38)50(42)63-49(37)41)40-8-3-4-10-44(40)65(61,62)56-27-23-31(24-28-56)51(60)64-57-45(58)21-22-46(57)59/h3-4,8,10-20,29-31H,5-7,9,21-28H2,1-2H3/q+1. The molecular weight excluding hydrogens is 841 g/mol. The summed E-state index contributed by atoms with van der Waals surface area (Å²) in [7, 11) is -0.124. The van der Waals surface area contributed by atoms with Gasteiger partial charge in [-0.1, -0.05) is 30.3 Å². The molecule has 0 aromatic heterocycles. The highest BCUT2D eigenvalue weighted by molar-refractivity contribution is 7.89. The minimum Gasteiger partial charge on any atom is -0.455 e. The molecule has 0 unspecified atom stereocenters. The number of nitrogens with zero attached hydrogens (tertiary/aromatic N) is 6. The molecule has 0 bridgehead atoms. The maximum absolute atomic E-state index is 14.9. The number of carbonyl (C=O) groups is 3. The van der Waals surface area contributed by atoms with Gasteiger partial charge in [0.25, 0.3) is 11.8 Å². The summed E-state index contributed by atoms with van der Waals surface area (Å²) in [6.45, 7) is 2.24. The number of hydrogen-bond acceptors (Lipinski definition) is 10. The Labute approximate surface area is 375 Å². The first kappa shape index (κ1) is 41.0. The van der Waals surface area contributed by atoms with Crippen LogP contribution in [0.15, 0.2) is 112 Å². The van der Waals surface area contributed by atoms with E-state index in [1.54, 1.807) is 12.1 Å². The monoisotopic (exact) mass is 887 g/mol. The molecule has 2 amide bonds. The molecule has 0 saturated carbocycles. The fourth-order valence-electron chi connectivity index (χ4n) is 10.3. The predicted octanol–water partition coefficient (Wildman–Crippen LogP) is 7.22. The fraction of sp³-hybridized carbons (Fsp3) is 0.294. The Morgan fingerprint density at radius 2 is 1.46 bits per heavy atom. The topological polar surface area (TPSA) is 141 Å². The lowest BCUT2D eigenvalue weighted by Crippen LogP contribution is -2.43. The van der Waals surface area contributed by atoms with Crippen LogP contribution < -0.4 is 24.8 Å². The van der Waals surface area contributed by atoms with Gasteiger partial charge in [-0.2, -0.15) is 14.5 Å². The number of anilines is 1. The average molecular weight is 888 g/mol. The zero-order valence-corrected chi connectivity index (χ0v) is 37.1. The van der Waals surface area contributed by atoms with Crippen molar-refractivity contribution < 1.29 is 32.4 Å². The molecule has 0 atom stereocenters. The van der Waals surface area contributed by atoms with Gasteiger partial charge in [-0.25, -0.2) is 17.8 Å². The van der Waals surface area contributed by atoms with Gasteiger partial charge in [0, 0.05) is 102 Å². The van der Waals surface area contributed by atoms with Crippen LogP contribution in [0.25, 0.3) is 27.1 Å². The molecule has 0 N–H and O–H groups in total. The van der Waals surface area contributed by atoms with Crippen LogP contribution in [0.3, 0.4) is 0 Å². The van der Waals surface area contributed by atoms with Crippen LogP contribution >= 0.6 is 0 Å². The lowest BCUT2D eigenvalue weighted by atomic mass is 9.87. The molecule has 0 aliphatic carbocycles. The quantitative estimate of drug-likeness (QED) is 0.0886. The van der Waals surface area contributed by atoms with E-state index in [2.05, 4.69) is 33.0 Å². The summed E-state index contributed by atoms with van der Waals surface area (Å²) in [6.07, 6.45) is 4.48. The molecule has 5 aliphatic rings. The van der Waals surface area contributed by atoms with E-state index in [1.165, 1.54) is 20.8 Å². The molecule has 0 radical (unpaired) electrons. The lowest BCUT2D eigenvalue weighted by Gasteiger charge is -2.31. The molecule has 6 aromatic carbocycles. The minimum atomic E-state index is -4.11. The summed E-state index contributed by atoms with van der Waals surface area (Å²) >= 11 is 0. The van der Waals surface area contributed by atoms with E-state index in [-0.39, 0.29) is 43.7 Å². The van der Waals surface area contributed by atoms with E-state index in [0.29, 0.717) is 27.8 Å². The Hall–Kier alpha value is -6.77. The third-order valence-corrected chi connectivity index (χ3v) is 15.5.